The Hall–Kier alpha value is -2.69. The standard InChI is InChI=1S/C18H12F3NO/c1-11-3-2-4-15-14(11)9-10-22-16(15)12-5-7-13(8-6-12)17(23)18(19,20)21/h2-10H,1H3. The third-order valence-corrected chi connectivity index (χ3v) is 3.70. The Morgan fingerprint density at radius 1 is 0.957 bits per heavy atom. The molecule has 2 aromatic carbocycles. The van der Waals surface area contributed by atoms with Crippen molar-refractivity contribution in [1.82, 2.24) is 4.98 Å². The molecule has 0 atom stereocenters. The van der Waals surface area contributed by atoms with E-state index in [1.165, 1.54) is 24.3 Å². The number of hydrogen-bond donors (Lipinski definition) is 0. The first kappa shape index (κ1) is 15.2. The minimum atomic E-state index is -4.86. The van der Waals surface area contributed by atoms with Gasteiger partial charge in [-0.05, 0) is 23.9 Å². The fourth-order valence-corrected chi connectivity index (χ4v) is 2.54. The first-order valence-corrected chi connectivity index (χ1v) is 6.94. The predicted molar refractivity (Wildman–Crippen MR) is 82.3 cm³/mol. The quantitative estimate of drug-likeness (QED) is 0.626. The van der Waals surface area contributed by atoms with Crippen LogP contribution < -0.4 is 0 Å². The van der Waals surface area contributed by atoms with Crippen molar-refractivity contribution in [3.63, 3.8) is 0 Å². The molecule has 0 saturated heterocycles. The van der Waals surface area contributed by atoms with Crippen molar-refractivity contribution in [3.05, 3.63) is 65.9 Å². The Bertz CT molecular complexity index is 883. The molecule has 0 spiro atoms. The van der Waals surface area contributed by atoms with Crippen LogP contribution >= 0.6 is 0 Å². The smallest absolute Gasteiger partial charge is 0.284 e. The van der Waals surface area contributed by atoms with Gasteiger partial charge in [0, 0.05) is 22.7 Å². The number of halogens is 3. The number of rotatable bonds is 2. The highest BCUT2D eigenvalue weighted by Gasteiger charge is 2.39. The molecule has 5 heteroatoms. The molecule has 0 fully saturated rings. The molecule has 2 nitrogen and oxygen atoms in total. The molecule has 116 valence electrons. The zero-order valence-electron chi connectivity index (χ0n) is 12.2. The van der Waals surface area contributed by atoms with E-state index < -0.39 is 12.0 Å². The maximum absolute atomic E-state index is 12.4. The van der Waals surface area contributed by atoms with Gasteiger partial charge < -0.3 is 0 Å². The molecule has 0 N–H and O–H groups in total. The van der Waals surface area contributed by atoms with Crippen molar-refractivity contribution in [2.24, 2.45) is 0 Å². The second-order valence-electron chi connectivity index (χ2n) is 5.23. The Morgan fingerprint density at radius 2 is 1.65 bits per heavy atom. The molecule has 1 heterocycles. The van der Waals surface area contributed by atoms with E-state index in [2.05, 4.69) is 4.98 Å². The third-order valence-electron chi connectivity index (χ3n) is 3.70. The Labute approximate surface area is 130 Å². The van der Waals surface area contributed by atoms with E-state index >= 15 is 0 Å². The van der Waals surface area contributed by atoms with Crippen molar-refractivity contribution in [1.29, 1.82) is 0 Å². The van der Waals surface area contributed by atoms with Gasteiger partial charge >= 0.3 is 6.18 Å². The molecular formula is C18H12F3NO. The maximum Gasteiger partial charge on any atom is 0.454 e. The molecule has 0 radical (unpaired) electrons. The molecule has 0 aliphatic carbocycles. The van der Waals surface area contributed by atoms with Crippen LogP contribution in [-0.4, -0.2) is 16.9 Å². The topological polar surface area (TPSA) is 30.0 Å². The number of benzene rings is 2. The number of ketones is 1. The third kappa shape index (κ3) is 2.82. The lowest BCUT2D eigenvalue weighted by atomic mass is 9.99. The lowest BCUT2D eigenvalue weighted by Gasteiger charge is -2.09. The van der Waals surface area contributed by atoms with Gasteiger partial charge in [-0.2, -0.15) is 13.2 Å². The number of hydrogen-bond acceptors (Lipinski definition) is 2. The molecule has 0 aliphatic heterocycles. The molecule has 23 heavy (non-hydrogen) atoms. The van der Waals surface area contributed by atoms with Crippen LogP contribution in [0, 0.1) is 6.92 Å². The summed E-state index contributed by atoms with van der Waals surface area (Å²) in [7, 11) is 0. The second-order valence-corrected chi connectivity index (χ2v) is 5.23. The van der Waals surface area contributed by atoms with Gasteiger partial charge in [0.25, 0.3) is 5.78 Å². The Morgan fingerprint density at radius 3 is 2.30 bits per heavy atom. The molecule has 3 aromatic rings. The molecule has 3 rings (SSSR count). The van der Waals surface area contributed by atoms with Crippen LogP contribution in [0.3, 0.4) is 0 Å². The zero-order chi connectivity index (χ0) is 16.6. The van der Waals surface area contributed by atoms with Crippen LogP contribution in [-0.2, 0) is 0 Å². The number of pyridine rings is 1. The maximum atomic E-state index is 12.4. The first-order valence-electron chi connectivity index (χ1n) is 6.94. The normalized spacial score (nSPS) is 11.7. The van der Waals surface area contributed by atoms with Crippen molar-refractivity contribution in [3.8, 4) is 11.3 Å². The van der Waals surface area contributed by atoms with Gasteiger partial charge in [0.05, 0.1) is 5.69 Å². The second kappa shape index (κ2) is 5.50. The number of aromatic nitrogens is 1. The Balaban J connectivity index is 2.07. The summed E-state index contributed by atoms with van der Waals surface area (Å²) in [4.78, 5) is 15.6. The fraction of sp³-hybridized carbons (Fsp3) is 0.111. The highest BCUT2D eigenvalue weighted by molar-refractivity contribution is 6.01. The van der Waals surface area contributed by atoms with Crippen LogP contribution in [0.1, 0.15) is 15.9 Å². The van der Waals surface area contributed by atoms with Crippen LogP contribution in [0.4, 0.5) is 13.2 Å². The Kier molecular flexibility index (Phi) is 3.64. The number of fused-ring (bicyclic) bond motifs is 1. The predicted octanol–water partition coefficient (Wildman–Crippen LogP) is 4.96. The van der Waals surface area contributed by atoms with Crippen LogP contribution in [0.25, 0.3) is 22.0 Å². The van der Waals surface area contributed by atoms with E-state index in [4.69, 9.17) is 0 Å². The number of aryl methyl sites for hydroxylation is 1. The number of carbonyl (C=O) groups is 1. The van der Waals surface area contributed by atoms with E-state index in [-0.39, 0.29) is 5.56 Å². The SMILES string of the molecule is Cc1cccc2c(-c3ccc(C(=O)C(F)(F)F)cc3)nccc12. The van der Waals surface area contributed by atoms with Crippen LogP contribution in [0.15, 0.2) is 54.7 Å². The van der Waals surface area contributed by atoms with E-state index in [1.807, 2.05) is 31.2 Å². The highest BCUT2D eigenvalue weighted by Crippen LogP contribution is 2.29. The zero-order valence-corrected chi connectivity index (χ0v) is 12.2. The van der Waals surface area contributed by atoms with Crippen LogP contribution in [0.2, 0.25) is 0 Å². The van der Waals surface area contributed by atoms with Gasteiger partial charge in [0.2, 0.25) is 0 Å². The van der Waals surface area contributed by atoms with E-state index in [0.29, 0.717) is 11.3 Å². The molecule has 0 bridgehead atoms. The average molecular weight is 315 g/mol. The van der Waals surface area contributed by atoms with Crippen molar-refractivity contribution in [2.75, 3.05) is 0 Å². The summed E-state index contributed by atoms with van der Waals surface area (Å²) < 4.78 is 37.3. The van der Waals surface area contributed by atoms with Gasteiger partial charge in [0.15, 0.2) is 0 Å². The van der Waals surface area contributed by atoms with Crippen molar-refractivity contribution < 1.29 is 18.0 Å². The van der Waals surface area contributed by atoms with Crippen molar-refractivity contribution in [2.45, 2.75) is 13.1 Å². The van der Waals surface area contributed by atoms with E-state index in [1.54, 1.807) is 6.20 Å². The summed E-state index contributed by atoms with van der Waals surface area (Å²) in [6, 6.07) is 13.0. The summed E-state index contributed by atoms with van der Waals surface area (Å²) in [5.41, 5.74) is 2.06. The van der Waals surface area contributed by atoms with Gasteiger partial charge in [0.1, 0.15) is 0 Å². The van der Waals surface area contributed by atoms with Gasteiger partial charge in [-0.1, -0.05) is 42.5 Å². The minimum absolute atomic E-state index is 0.377. The van der Waals surface area contributed by atoms with Gasteiger partial charge in [-0.3, -0.25) is 9.78 Å². The first-order chi connectivity index (χ1) is 10.9. The average Bonchev–Trinajstić information content (AvgIpc) is 2.53. The van der Waals surface area contributed by atoms with E-state index in [0.717, 1.165) is 16.3 Å². The summed E-state index contributed by atoms with van der Waals surface area (Å²) in [6.45, 7) is 1.98. The molecule has 1 aromatic heterocycles. The molecule has 0 aliphatic rings. The summed E-state index contributed by atoms with van der Waals surface area (Å²) in [6.07, 6.45) is -3.20. The fourth-order valence-electron chi connectivity index (χ4n) is 2.54. The number of carbonyl (C=O) groups excluding carboxylic acids is 1. The molecule has 0 unspecified atom stereocenters. The van der Waals surface area contributed by atoms with Gasteiger partial charge in [-0.15, -0.1) is 0 Å². The van der Waals surface area contributed by atoms with Crippen molar-refractivity contribution >= 4 is 16.6 Å². The largest absolute Gasteiger partial charge is 0.454 e. The van der Waals surface area contributed by atoms with E-state index in [9.17, 15) is 18.0 Å². The molecule has 0 amide bonds. The lowest BCUT2D eigenvalue weighted by molar-refractivity contribution is -0.0885. The minimum Gasteiger partial charge on any atom is -0.284 e. The lowest BCUT2D eigenvalue weighted by Crippen LogP contribution is -2.22. The monoisotopic (exact) mass is 315 g/mol. The summed E-state index contributed by atoms with van der Waals surface area (Å²) in [5, 5.41) is 1.95. The number of Topliss-reactive ketones (excluding diaryl/α,β-unsaturated/α-hetero) is 1. The number of nitrogens with zero attached hydrogens (tertiary/aromatic N) is 1. The highest BCUT2D eigenvalue weighted by atomic mass is 19.4. The summed E-state index contributed by atoms with van der Waals surface area (Å²) >= 11 is 0. The van der Waals surface area contributed by atoms with Crippen LogP contribution in [0.5, 0.6) is 0 Å². The molecule has 0 saturated carbocycles. The van der Waals surface area contributed by atoms with Gasteiger partial charge in [-0.25, -0.2) is 0 Å². The summed E-state index contributed by atoms with van der Waals surface area (Å²) in [5.74, 6) is -1.84. The molecular weight excluding hydrogens is 303 g/mol. The number of alkyl halides is 3.